The zero-order valence-electron chi connectivity index (χ0n) is 16.2. The number of unbranched alkanes of at least 4 members (excludes halogenated alkanes) is 14. The Hall–Kier alpha value is -0.100. The molecule has 0 aliphatic carbocycles. The zero-order chi connectivity index (χ0) is 19.2. The van der Waals surface area contributed by atoms with Crippen LogP contribution >= 0.6 is 0 Å². The van der Waals surface area contributed by atoms with Gasteiger partial charge in [0.1, 0.15) is 6.61 Å². The van der Waals surface area contributed by atoms with Crippen LogP contribution in [0, 0.1) is 0 Å². The zero-order valence-corrected chi connectivity index (χ0v) is 16.2. The van der Waals surface area contributed by atoms with Crippen LogP contribution in [0.5, 0.6) is 0 Å². The molecule has 3 N–H and O–H groups in total. The van der Waals surface area contributed by atoms with Crippen LogP contribution in [0.4, 0.5) is 0 Å². The standard InChI is InChI=1S/C18H36O2.C2H4O3.Na.H/c1-2-3-4-5-6-7-8-9-10-11-12-13-14-15-16-17-18(19)20;3-1-2(4)5;;/h2-17H2,1H3,(H,19,20);3H,1H2,(H,4,5);;. The number of hydrogen-bond acceptors (Lipinski definition) is 3. The number of aliphatic hydroxyl groups is 1. The van der Waals surface area contributed by atoms with Gasteiger partial charge in [0.05, 0.1) is 0 Å². The van der Waals surface area contributed by atoms with Crippen molar-refractivity contribution in [1.29, 1.82) is 0 Å². The third kappa shape index (κ3) is 35.1. The van der Waals surface area contributed by atoms with Crippen LogP contribution in [0.2, 0.25) is 0 Å². The summed E-state index contributed by atoms with van der Waals surface area (Å²) in [7, 11) is 0. The fourth-order valence-corrected chi connectivity index (χ4v) is 2.65. The topological polar surface area (TPSA) is 94.8 Å². The Morgan fingerprint density at radius 1 is 0.577 bits per heavy atom. The number of carboxylic acid groups (broad SMARTS) is 2. The summed E-state index contributed by atoms with van der Waals surface area (Å²) in [6.07, 6.45) is 20.2. The van der Waals surface area contributed by atoms with Gasteiger partial charge in [0.15, 0.2) is 0 Å². The summed E-state index contributed by atoms with van der Waals surface area (Å²) in [5.41, 5.74) is 0. The molecule has 0 aliphatic heterocycles. The van der Waals surface area contributed by atoms with Crippen molar-refractivity contribution in [2.24, 2.45) is 0 Å². The van der Waals surface area contributed by atoms with Crippen molar-refractivity contribution in [3.63, 3.8) is 0 Å². The molecule has 0 amide bonds. The van der Waals surface area contributed by atoms with E-state index in [-0.39, 0.29) is 29.6 Å². The predicted molar refractivity (Wildman–Crippen MR) is 109 cm³/mol. The molecule has 152 valence electrons. The van der Waals surface area contributed by atoms with E-state index in [9.17, 15) is 4.79 Å². The van der Waals surface area contributed by atoms with Crippen LogP contribution in [0.3, 0.4) is 0 Å². The van der Waals surface area contributed by atoms with Crippen molar-refractivity contribution in [2.75, 3.05) is 6.61 Å². The van der Waals surface area contributed by atoms with Gasteiger partial charge in [0.25, 0.3) is 0 Å². The van der Waals surface area contributed by atoms with Crippen LogP contribution < -0.4 is 0 Å². The van der Waals surface area contributed by atoms with E-state index >= 15 is 0 Å². The number of hydrogen-bond donors (Lipinski definition) is 3. The van der Waals surface area contributed by atoms with Gasteiger partial charge in [0.2, 0.25) is 0 Å². The molecule has 0 rings (SSSR count). The summed E-state index contributed by atoms with van der Waals surface area (Å²) in [5.74, 6) is -1.84. The number of carbonyl (C=O) groups is 2. The first kappa shape index (κ1) is 30.6. The molecule has 0 saturated carbocycles. The number of carboxylic acids is 2. The van der Waals surface area contributed by atoms with Gasteiger partial charge in [-0.2, -0.15) is 0 Å². The van der Waals surface area contributed by atoms with Crippen LogP contribution in [-0.2, 0) is 9.59 Å². The van der Waals surface area contributed by atoms with Crippen molar-refractivity contribution in [2.45, 2.75) is 110 Å². The van der Waals surface area contributed by atoms with Crippen molar-refractivity contribution in [3.05, 3.63) is 0 Å². The number of rotatable bonds is 17. The maximum atomic E-state index is 10.3. The first-order valence-electron chi connectivity index (χ1n) is 10.1. The quantitative estimate of drug-likeness (QED) is 0.248. The molecule has 0 bridgehead atoms. The Kier molecular flexibility index (Phi) is 31.9. The summed E-state index contributed by atoms with van der Waals surface area (Å²) in [6, 6.07) is 0. The summed E-state index contributed by atoms with van der Waals surface area (Å²) in [5, 5.41) is 23.5. The van der Waals surface area contributed by atoms with E-state index in [0.717, 1.165) is 12.8 Å². The van der Waals surface area contributed by atoms with E-state index in [4.69, 9.17) is 20.1 Å². The molecule has 26 heavy (non-hydrogen) atoms. The molecular weight excluding hydrogens is 343 g/mol. The summed E-state index contributed by atoms with van der Waals surface area (Å²) in [6.45, 7) is 1.49. The van der Waals surface area contributed by atoms with Gasteiger partial charge < -0.3 is 15.3 Å². The molecule has 6 heteroatoms. The van der Waals surface area contributed by atoms with Crippen LogP contribution in [-0.4, -0.2) is 63.4 Å². The van der Waals surface area contributed by atoms with Gasteiger partial charge in [-0.25, -0.2) is 4.79 Å². The van der Waals surface area contributed by atoms with Crippen LogP contribution in [0.25, 0.3) is 0 Å². The molecule has 5 nitrogen and oxygen atoms in total. The number of aliphatic hydroxyl groups excluding tert-OH is 1. The Bertz CT molecular complexity index is 298. The van der Waals surface area contributed by atoms with Gasteiger partial charge in [0, 0.05) is 6.42 Å². The van der Waals surface area contributed by atoms with Gasteiger partial charge in [-0.1, -0.05) is 96.8 Å². The Labute approximate surface area is 182 Å². The average molecular weight is 385 g/mol. The van der Waals surface area contributed by atoms with Crippen molar-refractivity contribution < 1.29 is 24.9 Å². The second kappa shape index (κ2) is 27.1. The minimum atomic E-state index is -1.19. The molecule has 0 aromatic heterocycles. The fourth-order valence-electron chi connectivity index (χ4n) is 2.65. The Morgan fingerprint density at radius 3 is 1.08 bits per heavy atom. The normalized spacial score (nSPS) is 9.77. The summed E-state index contributed by atoms with van der Waals surface area (Å²) < 4.78 is 0. The predicted octanol–water partition coefficient (Wildman–Crippen LogP) is 4.75. The summed E-state index contributed by atoms with van der Waals surface area (Å²) >= 11 is 0. The van der Waals surface area contributed by atoms with Crippen molar-refractivity contribution in [3.8, 4) is 0 Å². The molecule has 0 saturated heterocycles. The summed E-state index contributed by atoms with van der Waals surface area (Å²) in [4.78, 5) is 19.5. The van der Waals surface area contributed by atoms with Gasteiger partial charge >= 0.3 is 41.5 Å². The Balaban J connectivity index is -0.000000772. The van der Waals surface area contributed by atoms with Crippen LogP contribution in [0.15, 0.2) is 0 Å². The van der Waals surface area contributed by atoms with Crippen molar-refractivity contribution >= 4 is 41.5 Å². The fraction of sp³-hybridized carbons (Fsp3) is 0.900. The number of aliphatic carboxylic acids is 2. The molecule has 0 aliphatic rings. The van der Waals surface area contributed by atoms with Gasteiger partial charge in [-0.05, 0) is 6.42 Å². The first-order chi connectivity index (χ1) is 12.0. The molecule has 0 aromatic carbocycles. The molecule has 0 spiro atoms. The molecular formula is C20H41NaO5. The van der Waals surface area contributed by atoms with Crippen LogP contribution in [0.1, 0.15) is 110 Å². The average Bonchev–Trinajstić information content (AvgIpc) is 2.58. The second-order valence-electron chi connectivity index (χ2n) is 6.65. The first-order valence-corrected chi connectivity index (χ1v) is 10.1. The van der Waals surface area contributed by atoms with Crippen molar-refractivity contribution in [1.82, 2.24) is 0 Å². The molecule has 0 atom stereocenters. The van der Waals surface area contributed by atoms with Gasteiger partial charge in [-0.15, -0.1) is 0 Å². The van der Waals surface area contributed by atoms with Gasteiger partial charge in [-0.3, -0.25) is 4.79 Å². The molecule has 0 unspecified atom stereocenters. The monoisotopic (exact) mass is 384 g/mol. The molecule has 0 heterocycles. The van der Waals surface area contributed by atoms with E-state index in [1.165, 1.54) is 83.5 Å². The molecule has 0 radical (unpaired) electrons. The van der Waals surface area contributed by atoms with E-state index < -0.39 is 18.5 Å². The molecule has 0 aromatic rings. The Morgan fingerprint density at radius 2 is 0.846 bits per heavy atom. The third-order valence-electron chi connectivity index (χ3n) is 4.13. The van der Waals surface area contributed by atoms with E-state index in [1.807, 2.05) is 0 Å². The SMILES string of the molecule is CCCCCCCCCCCCCCCCCC(=O)O.O=C(O)CO.[NaH]. The second-order valence-corrected chi connectivity index (χ2v) is 6.65. The van der Waals surface area contributed by atoms with E-state index in [0.29, 0.717) is 6.42 Å². The molecule has 0 fully saturated rings. The maximum absolute atomic E-state index is 10.3. The van der Waals surface area contributed by atoms with E-state index in [1.54, 1.807) is 0 Å². The van der Waals surface area contributed by atoms with E-state index in [2.05, 4.69) is 6.92 Å². The minimum absolute atomic E-state index is 0. The third-order valence-corrected chi connectivity index (χ3v) is 4.13.